The maximum absolute atomic E-state index is 13.7. The SMILES string of the molecule is Nc1cncn(C(C(=O)O)c2ccc(F)c(F)c2F)c1=O. The van der Waals surface area contributed by atoms with E-state index in [0.717, 1.165) is 18.6 Å². The van der Waals surface area contributed by atoms with E-state index in [-0.39, 0.29) is 5.69 Å². The number of carboxylic acid groups (broad SMARTS) is 1. The Morgan fingerprint density at radius 2 is 1.95 bits per heavy atom. The van der Waals surface area contributed by atoms with Crippen LogP contribution in [-0.2, 0) is 4.79 Å². The molecule has 0 spiro atoms. The lowest BCUT2D eigenvalue weighted by Gasteiger charge is -2.16. The van der Waals surface area contributed by atoms with Crippen molar-refractivity contribution in [1.82, 2.24) is 9.55 Å². The van der Waals surface area contributed by atoms with Crippen LogP contribution in [-0.4, -0.2) is 20.6 Å². The van der Waals surface area contributed by atoms with Crippen LogP contribution < -0.4 is 11.3 Å². The third-order valence-electron chi connectivity index (χ3n) is 2.76. The molecule has 21 heavy (non-hydrogen) atoms. The molecule has 9 heteroatoms. The van der Waals surface area contributed by atoms with Crippen molar-refractivity contribution in [3.05, 3.63) is 58.0 Å². The van der Waals surface area contributed by atoms with Crippen molar-refractivity contribution in [3.8, 4) is 0 Å². The Morgan fingerprint density at radius 3 is 2.57 bits per heavy atom. The Labute approximate surface area is 115 Å². The van der Waals surface area contributed by atoms with E-state index in [4.69, 9.17) is 10.8 Å². The number of halogens is 3. The largest absolute Gasteiger partial charge is 0.479 e. The van der Waals surface area contributed by atoms with Crippen LogP contribution in [0.15, 0.2) is 29.5 Å². The molecule has 1 aromatic heterocycles. The number of hydrogen-bond donors (Lipinski definition) is 2. The minimum atomic E-state index is -1.93. The lowest BCUT2D eigenvalue weighted by Crippen LogP contribution is -2.32. The van der Waals surface area contributed by atoms with Crippen LogP contribution in [0.3, 0.4) is 0 Å². The topological polar surface area (TPSA) is 98.2 Å². The Morgan fingerprint density at radius 1 is 1.29 bits per heavy atom. The second-order valence-corrected chi connectivity index (χ2v) is 4.07. The number of nitrogens with zero attached hydrogens (tertiary/aromatic N) is 2. The molecule has 110 valence electrons. The van der Waals surface area contributed by atoms with Crippen molar-refractivity contribution < 1.29 is 23.1 Å². The molecule has 2 aromatic rings. The van der Waals surface area contributed by atoms with Gasteiger partial charge in [0.25, 0.3) is 5.56 Å². The molecule has 3 N–H and O–H groups in total. The summed E-state index contributed by atoms with van der Waals surface area (Å²) >= 11 is 0. The fraction of sp³-hybridized carbons (Fsp3) is 0.0833. The maximum Gasteiger partial charge on any atom is 0.331 e. The van der Waals surface area contributed by atoms with Crippen LogP contribution in [0.2, 0.25) is 0 Å². The first-order chi connectivity index (χ1) is 9.84. The number of carbonyl (C=O) groups is 1. The van der Waals surface area contributed by atoms with E-state index in [1.54, 1.807) is 0 Å². The summed E-state index contributed by atoms with van der Waals surface area (Å²) < 4.78 is 40.4. The summed E-state index contributed by atoms with van der Waals surface area (Å²) in [7, 11) is 0. The second kappa shape index (κ2) is 5.27. The predicted octanol–water partition coefficient (Wildman–Crippen LogP) is 0.917. The number of benzene rings is 1. The fourth-order valence-corrected chi connectivity index (χ4v) is 1.78. The molecule has 0 bridgehead atoms. The third-order valence-corrected chi connectivity index (χ3v) is 2.76. The minimum Gasteiger partial charge on any atom is -0.479 e. The molecule has 0 radical (unpaired) electrons. The maximum atomic E-state index is 13.7. The fourth-order valence-electron chi connectivity index (χ4n) is 1.78. The first-order valence-corrected chi connectivity index (χ1v) is 5.52. The Hall–Kier alpha value is -2.84. The van der Waals surface area contributed by atoms with Crippen molar-refractivity contribution in [2.24, 2.45) is 0 Å². The number of aromatic nitrogens is 2. The molecule has 1 heterocycles. The van der Waals surface area contributed by atoms with Gasteiger partial charge in [-0.3, -0.25) is 9.36 Å². The standard InChI is InChI=1S/C12H8F3N3O3/c13-6-2-1-5(8(14)9(6)15)10(12(20)21)18-4-17-3-7(16)11(18)19/h1-4,10H,16H2,(H,20,21). The van der Waals surface area contributed by atoms with E-state index in [1.807, 2.05) is 0 Å². The van der Waals surface area contributed by atoms with E-state index in [1.165, 1.54) is 0 Å². The molecule has 0 aliphatic rings. The van der Waals surface area contributed by atoms with Crippen molar-refractivity contribution in [2.45, 2.75) is 6.04 Å². The molecular weight excluding hydrogens is 291 g/mol. The zero-order valence-electron chi connectivity index (χ0n) is 10.3. The first-order valence-electron chi connectivity index (χ1n) is 5.52. The summed E-state index contributed by atoms with van der Waals surface area (Å²) in [5.74, 6) is -6.66. The van der Waals surface area contributed by atoms with Crippen LogP contribution in [0.25, 0.3) is 0 Å². The first kappa shape index (κ1) is 14.6. The number of nitrogen functional groups attached to an aromatic ring is 1. The van der Waals surface area contributed by atoms with Crippen molar-refractivity contribution in [3.63, 3.8) is 0 Å². The van der Waals surface area contributed by atoms with Gasteiger partial charge in [0.1, 0.15) is 5.69 Å². The number of carboxylic acids is 1. The van der Waals surface area contributed by atoms with E-state index in [9.17, 15) is 22.8 Å². The molecule has 1 atom stereocenters. The van der Waals surface area contributed by atoms with Gasteiger partial charge in [-0.1, -0.05) is 6.07 Å². The van der Waals surface area contributed by atoms with Gasteiger partial charge in [-0.2, -0.15) is 0 Å². The van der Waals surface area contributed by atoms with Gasteiger partial charge in [0.2, 0.25) is 0 Å². The summed E-state index contributed by atoms with van der Waals surface area (Å²) in [6.07, 6.45) is 1.80. The highest BCUT2D eigenvalue weighted by atomic mass is 19.2. The van der Waals surface area contributed by atoms with E-state index >= 15 is 0 Å². The number of hydrogen-bond acceptors (Lipinski definition) is 4. The zero-order chi connectivity index (χ0) is 15.7. The van der Waals surface area contributed by atoms with Gasteiger partial charge < -0.3 is 10.8 Å². The quantitative estimate of drug-likeness (QED) is 0.821. The van der Waals surface area contributed by atoms with E-state index < -0.39 is 40.6 Å². The molecule has 2 rings (SSSR count). The van der Waals surface area contributed by atoms with Crippen LogP contribution in [0.1, 0.15) is 11.6 Å². The van der Waals surface area contributed by atoms with Crippen molar-refractivity contribution in [1.29, 1.82) is 0 Å². The monoisotopic (exact) mass is 299 g/mol. The molecular formula is C12H8F3N3O3. The Kier molecular flexibility index (Phi) is 3.66. The van der Waals surface area contributed by atoms with Gasteiger partial charge in [-0.25, -0.2) is 22.9 Å². The lowest BCUT2D eigenvalue weighted by atomic mass is 10.1. The van der Waals surface area contributed by atoms with Gasteiger partial charge in [0, 0.05) is 5.56 Å². The molecule has 0 aliphatic heterocycles. The number of anilines is 1. The second-order valence-electron chi connectivity index (χ2n) is 4.07. The van der Waals surface area contributed by atoms with E-state index in [0.29, 0.717) is 10.6 Å². The summed E-state index contributed by atoms with van der Waals surface area (Å²) in [5, 5.41) is 9.17. The van der Waals surface area contributed by atoms with Gasteiger partial charge in [0.15, 0.2) is 23.5 Å². The number of rotatable bonds is 3. The van der Waals surface area contributed by atoms with Crippen molar-refractivity contribution >= 4 is 11.7 Å². The van der Waals surface area contributed by atoms with Gasteiger partial charge in [-0.15, -0.1) is 0 Å². The summed E-state index contributed by atoms with van der Waals surface area (Å²) in [5.41, 5.74) is 3.27. The number of nitrogens with two attached hydrogens (primary N) is 1. The average molecular weight is 299 g/mol. The smallest absolute Gasteiger partial charge is 0.331 e. The highest BCUT2D eigenvalue weighted by molar-refractivity contribution is 5.76. The van der Waals surface area contributed by atoms with Crippen LogP contribution >= 0.6 is 0 Å². The Bertz CT molecular complexity index is 776. The normalized spacial score (nSPS) is 12.1. The average Bonchev–Trinajstić information content (AvgIpc) is 2.43. The van der Waals surface area contributed by atoms with E-state index in [2.05, 4.69) is 4.98 Å². The molecule has 0 saturated carbocycles. The van der Waals surface area contributed by atoms with Crippen LogP contribution in [0.4, 0.5) is 18.9 Å². The predicted molar refractivity (Wildman–Crippen MR) is 65.0 cm³/mol. The van der Waals surface area contributed by atoms with Crippen LogP contribution in [0, 0.1) is 17.5 Å². The third kappa shape index (κ3) is 2.45. The van der Waals surface area contributed by atoms with Gasteiger partial charge in [0.05, 0.1) is 12.5 Å². The Balaban J connectivity index is 2.71. The van der Waals surface area contributed by atoms with Gasteiger partial charge >= 0.3 is 5.97 Å². The highest BCUT2D eigenvalue weighted by Crippen LogP contribution is 2.24. The molecule has 6 nitrogen and oxygen atoms in total. The molecule has 0 aliphatic carbocycles. The molecule has 0 saturated heterocycles. The molecule has 1 unspecified atom stereocenters. The van der Waals surface area contributed by atoms with Crippen molar-refractivity contribution in [2.75, 3.05) is 5.73 Å². The zero-order valence-corrected chi connectivity index (χ0v) is 10.3. The molecule has 1 aromatic carbocycles. The minimum absolute atomic E-state index is 0.369. The summed E-state index contributed by atoms with van der Waals surface area (Å²) in [6, 6.07) is -0.625. The number of aliphatic carboxylic acids is 1. The summed E-state index contributed by atoms with van der Waals surface area (Å²) in [4.78, 5) is 26.6. The van der Waals surface area contributed by atoms with Crippen LogP contribution in [0.5, 0.6) is 0 Å². The molecule has 0 amide bonds. The highest BCUT2D eigenvalue weighted by Gasteiger charge is 2.29. The lowest BCUT2D eigenvalue weighted by molar-refractivity contribution is -0.139. The molecule has 0 fully saturated rings. The summed E-state index contributed by atoms with van der Waals surface area (Å²) in [6.45, 7) is 0. The van der Waals surface area contributed by atoms with Gasteiger partial charge in [-0.05, 0) is 6.07 Å².